The van der Waals surface area contributed by atoms with Gasteiger partial charge in [0.15, 0.2) is 25.2 Å². The largest absolute Gasteiger partial charge is 0.463 e. The molecule has 31 nitrogen and oxygen atoms in total. The predicted molar refractivity (Wildman–Crippen MR) is 424 cm³/mol. The molecule has 0 aromatic carbocycles. The molecule has 5 aliphatic heterocycles. The predicted octanol–water partition coefficient (Wildman–Crippen LogP) is 5.46. The first-order valence-corrected chi connectivity index (χ1v) is 44.7. The zero-order chi connectivity index (χ0) is 84.5. The van der Waals surface area contributed by atoms with Crippen molar-refractivity contribution in [2.45, 2.75) is 474 Å². The maximum Gasteiger partial charge on any atom is 0.308 e. The van der Waals surface area contributed by atoms with Gasteiger partial charge >= 0.3 is 5.97 Å². The maximum atomic E-state index is 13.8. The van der Waals surface area contributed by atoms with Gasteiger partial charge in [-0.2, -0.15) is 0 Å². The lowest BCUT2D eigenvalue weighted by atomic mass is 9.81. The van der Waals surface area contributed by atoms with Crippen molar-refractivity contribution < 1.29 is 153 Å². The van der Waals surface area contributed by atoms with Crippen LogP contribution in [0.25, 0.3) is 0 Å². The first-order valence-electron chi connectivity index (χ1n) is 44.7. The molecule has 0 radical (unpaired) electrons. The third-order valence-electron chi connectivity index (χ3n) is 24.7. The van der Waals surface area contributed by atoms with E-state index in [1.54, 1.807) is 6.92 Å². The molecule has 6 rings (SSSR count). The fourth-order valence-corrected chi connectivity index (χ4v) is 17.3. The van der Waals surface area contributed by atoms with E-state index < -0.39 is 191 Å². The molecule has 1 aliphatic carbocycles. The van der Waals surface area contributed by atoms with Crippen LogP contribution in [0.1, 0.15) is 290 Å². The van der Waals surface area contributed by atoms with E-state index in [1.165, 1.54) is 21.3 Å². The summed E-state index contributed by atoms with van der Waals surface area (Å²) in [6.45, 7) is 1.93. The third kappa shape index (κ3) is 35.2. The molecule has 1 saturated carbocycles. The molecule has 31 atom stereocenters. The van der Waals surface area contributed by atoms with Gasteiger partial charge < -0.3 is 143 Å². The summed E-state index contributed by atoms with van der Waals surface area (Å²) in [4.78, 5) is 27.5. The first-order chi connectivity index (χ1) is 55.9. The third-order valence-corrected chi connectivity index (χ3v) is 24.7. The van der Waals surface area contributed by atoms with Crippen molar-refractivity contribution >= 4 is 11.8 Å². The fraction of sp³-hybridized carbons (Fsp3) is 0.976. The molecule has 31 unspecified atom stereocenters. The zero-order valence-electron chi connectivity index (χ0n) is 70.4. The number of fused-ring (bicyclic) bond motifs is 4. The van der Waals surface area contributed by atoms with Gasteiger partial charge in [0, 0.05) is 46.7 Å². The lowest BCUT2D eigenvalue weighted by Gasteiger charge is -2.42. The minimum absolute atomic E-state index is 0.0423. The Labute approximate surface area is 689 Å². The highest BCUT2D eigenvalue weighted by Gasteiger charge is 2.51. The molecule has 5 saturated heterocycles. The number of carbonyl (C=O) groups is 2. The molecule has 0 amide bonds. The van der Waals surface area contributed by atoms with Gasteiger partial charge in [-0.3, -0.25) is 9.59 Å². The molecule has 0 aromatic heterocycles. The van der Waals surface area contributed by atoms with E-state index in [0.29, 0.717) is 38.5 Å². The van der Waals surface area contributed by atoms with Crippen molar-refractivity contribution in [1.82, 2.24) is 0 Å². The van der Waals surface area contributed by atoms with Gasteiger partial charge in [0.25, 0.3) is 0 Å². The molecule has 6 fully saturated rings. The number of esters is 1. The lowest BCUT2D eigenvalue weighted by Crippen LogP contribution is -2.60. The van der Waals surface area contributed by atoms with Gasteiger partial charge in [0.1, 0.15) is 116 Å². The summed E-state index contributed by atoms with van der Waals surface area (Å²) in [5, 5.41) is 169. The molecule has 682 valence electrons. The van der Waals surface area contributed by atoms with Crippen LogP contribution in [0.15, 0.2) is 0 Å². The molecule has 4 bridgehead atoms. The van der Waals surface area contributed by atoms with E-state index in [4.69, 9.17) is 61.6 Å². The number of hydrogen-bond donors (Lipinski definition) is 16. The van der Waals surface area contributed by atoms with Crippen LogP contribution in [-0.4, -0.2) is 325 Å². The van der Waals surface area contributed by atoms with Crippen molar-refractivity contribution in [1.29, 1.82) is 0 Å². The number of hydrogen-bond acceptors (Lipinski definition) is 31. The van der Waals surface area contributed by atoms with Gasteiger partial charge in [-0.05, 0) is 78.1 Å². The lowest BCUT2D eigenvalue weighted by molar-refractivity contribution is -0.316. The highest BCUT2D eigenvalue weighted by molar-refractivity contribution is 5.78. The highest BCUT2D eigenvalue weighted by atomic mass is 16.7. The minimum Gasteiger partial charge on any atom is -0.463 e. The molecule has 116 heavy (non-hydrogen) atoms. The quantitative estimate of drug-likeness (QED) is 0.0265. The molecule has 6 aliphatic rings. The number of carbonyl (C=O) groups excluding carboxylic acids is 2. The Morgan fingerprint density at radius 3 is 1.19 bits per heavy atom. The average molecular weight is 1670 g/mol. The second-order valence-electron chi connectivity index (χ2n) is 34.2. The highest BCUT2D eigenvalue weighted by Crippen LogP contribution is 2.36. The number of methoxy groups -OCH3 is 3. The van der Waals surface area contributed by atoms with Crippen molar-refractivity contribution in [3.8, 4) is 0 Å². The van der Waals surface area contributed by atoms with Crippen molar-refractivity contribution in [3.63, 3.8) is 0 Å². The van der Waals surface area contributed by atoms with Crippen LogP contribution in [0, 0.1) is 5.92 Å². The molecule has 0 aromatic rings. The number of cyclic esters (lactones) is 1. The van der Waals surface area contributed by atoms with Crippen LogP contribution in [0.4, 0.5) is 0 Å². The van der Waals surface area contributed by atoms with E-state index in [-0.39, 0.29) is 62.5 Å². The molecule has 5 heterocycles. The number of ether oxygens (including phenoxy) is 13. The standard InChI is InChI=1S/C85H156O31/c1-53(89)36-28-26-34-41-58(110-85-81(106-5)76(101)70(95)64(51-88)115-85)40-31-23-19-15-12-9-13-17-21-25-33-43-60-48-66(91)107-52-65-71(96)73(98)78(103)83(116-65)111-59(47-56(90)44-45-61-68(93)72(97)77(102)82(112-60)113-61)42-32-24-20-16-11-8-6-7-10-14-18-22-30-38-57(109-62-46-55(49-86)67(92)74(99)79(62)104-3)39-35-27-29-37-54(2)108-84-80(105-4)75(100)69(94)63(50-87)114-84/h53-55,57-65,67-89,92-103H,6-52H2,1-5H3. The first kappa shape index (κ1) is 103. The smallest absolute Gasteiger partial charge is 0.308 e. The van der Waals surface area contributed by atoms with Gasteiger partial charge in [0.2, 0.25) is 0 Å². The van der Waals surface area contributed by atoms with Crippen LogP contribution in [0.5, 0.6) is 0 Å². The SMILES string of the molecule is COC1C(OC(CCCCCCCCCCCCCCCC2CC(=O)CCC3OC(OC(CCCCCCCCCCCCCC(CCCCCC(C)O)OC4OC(CO)C(O)C(O)C4OC)CC(=O)OCC4OC(O2)C(O)C(O)C4O)C(O)C(O)C3O)CCCCCC(C)OC2OC(CO)C(O)C(O)C2OC)CC(CO)C(O)C1O. The second-order valence-corrected chi connectivity index (χ2v) is 34.2. The number of aliphatic hydroxyl groups excluding tert-OH is 16. The molecule has 31 heteroatoms. The van der Waals surface area contributed by atoms with Gasteiger partial charge in [0.05, 0.1) is 74.6 Å². The van der Waals surface area contributed by atoms with Gasteiger partial charge in [-0.15, -0.1) is 0 Å². The molecular formula is C85H156O31. The molecular weight excluding hydrogens is 1520 g/mol. The summed E-state index contributed by atoms with van der Waals surface area (Å²) < 4.78 is 77.5. The average Bonchev–Trinajstić information content (AvgIpc) is 0.833. The van der Waals surface area contributed by atoms with E-state index >= 15 is 0 Å². The summed E-state index contributed by atoms with van der Waals surface area (Å²) >= 11 is 0. The van der Waals surface area contributed by atoms with Crippen LogP contribution in [-0.2, 0) is 71.2 Å². The van der Waals surface area contributed by atoms with Gasteiger partial charge in [-0.1, -0.05) is 193 Å². The molecule has 16 N–H and O–H groups in total. The van der Waals surface area contributed by atoms with Crippen molar-refractivity contribution in [2.24, 2.45) is 5.92 Å². The minimum atomic E-state index is -1.73. The Morgan fingerprint density at radius 1 is 0.371 bits per heavy atom. The van der Waals surface area contributed by atoms with E-state index in [1.807, 2.05) is 6.92 Å². The summed E-state index contributed by atoms with van der Waals surface area (Å²) in [5.41, 5.74) is 0. The zero-order valence-corrected chi connectivity index (χ0v) is 70.4. The Hall–Kier alpha value is -1.98. The Bertz CT molecular complexity index is 2520. The number of aliphatic hydroxyl groups is 16. The number of rotatable bonds is 54. The number of Topliss-reactive ketones (excluding diaryl/α,β-unsaturated/α-hetero) is 1. The fourth-order valence-electron chi connectivity index (χ4n) is 17.3. The number of unbranched alkanes of at least 4 members (excludes halogenated alkanes) is 26. The van der Waals surface area contributed by atoms with E-state index in [9.17, 15) is 91.3 Å². The summed E-state index contributed by atoms with van der Waals surface area (Å²) in [5.74, 6) is -1.54. The monoisotopic (exact) mass is 1670 g/mol. The number of ketones is 1. The maximum absolute atomic E-state index is 13.8. The van der Waals surface area contributed by atoms with E-state index in [0.717, 1.165) is 212 Å². The summed E-state index contributed by atoms with van der Waals surface area (Å²) in [6.07, 6.45) is 1.70. The van der Waals surface area contributed by atoms with Gasteiger partial charge in [-0.25, -0.2) is 0 Å². The van der Waals surface area contributed by atoms with E-state index in [2.05, 4.69) is 0 Å². The Morgan fingerprint density at radius 2 is 0.750 bits per heavy atom. The van der Waals surface area contributed by atoms with Crippen LogP contribution >= 0.6 is 0 Å². The Balaban J connectivity index is 0.871. The topological polar surface area (TPSA) is 478 Å². The normalized spacial score (nSPS) is 35.7. The summed E-state index contributed by atoms with van der Waals surface area (Å²) in [7, 11) is 4.31. The molecule has 0 spiro atoms. The van der Waals surface area contributed by atoms with Crippen LogP contribution < -0.4 is 0 Å². The summed E-state index contributed by atoms with van der Waals surface area (Å²) in [6, 6.07) is 0. The second kappa shape index (κ2) is 57.5. The Kier molecular flexibility index (Phi) is 51.0. The van der Waals surface area contributed by atoms with Crippen molar-refractivity contribution in [2.75, 3.05) is 47.8 Å². The van der Waals surface area contributed by atoms with Crippen LogP contribution in [0.3, 0.4) is 0 Å². The van der Waals surface area contributed by atoms with Crippen molar-refractivity contribution in [3.05, 3.63) is 0 Å². The van der Waals surface area contributed by atoms with Crippen LogP contribution in [0.2, 0.25) is 0 Å².